The molecular formula is C8H14N2O2. The third kappa shape index (κ3) is 2.54. The highest BCUT2D eigenvalue weighted by atomic mass is 16.6. The van der Waals surface area contributed by atoms with Gasteiger partial charge in [0.2, 0.25) is 0 Å². The van der Waals surface area contributed by atoms with Crippen molar-refractivity contribution in [3.8, 4) is 6.08 Å². The van der Waals surface area contributed by atoms with E-state index in [1.54, 1.807) is 6.26 Å². The van der Waals surface area contributed by atoms with Crippen LogP contribution in [0.4, 0.5) is 0 Å². The molecule has 0 bridgehead atoms. The van der Waals surface area contributed by atoms with E-state index in [0.717, 1.165) is 18.8 Å². The van der Waals surface area contributed by atoms with Crippen molar-refractivity contribution < 1.29 is 9.15 Å². The zero-order valence-electron chi connectivity index (χ0n) is 7.46. The summed E-state index contributed by atoms with van der Waals surface area (Å²) in [6.07, 6.45) is 1.96. The molecule has 0 aromatic carbocycles. The summed E-state index contributed by atoms with van der Waals surface area (Å²) in [5, 5.41) is 3.14. The predicted molar refractivity (Wildman–Crippen MR) is 45.1 cm³/mol. The number of rotatable bonds is 5. The summed E-state index contributed by atoms with van der Waals surface area (Å²) in [6, 6.07) is 0. The van der Waals surface area contributed by atoms with Crippen LogP contribution >= 0.6 is 0 Å². The molecule has 0 aliphatic rings. The summed E-state index contributed by atoms with van der Waals surface area (Å²) in [7, 11) is 0. The quantitative estimate of drug-likeness (QED) is 0.720. The fraction of sp³-hybridized carbons (Fsp3) is 0.625. The van der Waals surface area contributed by atoms with Crippen LogP contribution in [0.25, 0.3) is 0 Å². The topological polar surface area (TPSA) is 47.3 Å². The van der Waals surface area contributed by atoms with E-state index in [4.69, 9.17) is 9.15 Å². The van der Waals surface area contributed by atoms with Gasteiger partial charge in [0.25, 0.3) is 0 Å². The maximum absolute atomic E-state index is 5.06. The Morgan fingerprint density at radius 3 is 3.08 bits per heavy atom. The lowest BCUT2D eigenvalue weighted by molar-refractivity contribution is 0.244. The average Bonchev–Trinajstić information content (AvgIpc) is 2.50. The Kier molecular flexibility index (Phi) is 3.60. The fourth-order valence-electron chi connectivity index (χ4n) is 0.812. The second kappa shape index (κ2) is 4.77. The van der Waals surface area contributed by atoms with E-state index in [2.05, 4.69) is 10.3 Å². The van der Waals surface area contributed by atoms with Crippen LogP contribution < -0.4 is 10.1 Å². The van der Waals surface area contributed by atoms with E-state index in [0.29, 0.717) is 12.7 Å². The molecule has 1 N–H and O–H groups in total. The maximum Gasteiger partial charge on any atom is 0.393 e. The number of nitrogens with zero attached hydrogens (tertiary/aromatic N) is 1. The van der Waals surface area contributed by atoms with E-state index in [1.807, 2.05) is 13.8 Å². The molecule has 68 valence electrons. The van der Waals surface area contributed by atoms with Gasteiger partial charge in [-0.05, 0) is 13.5 Å². The predicted octanol–water partition coefficient (Wildman–Crippen LogP) is 1.18. The Balaban J connectivity index is 2.41. The van der Waals surface area contributed by atoms with Gasteiger partial charge in [-0.15, -0.1) is 0 Å². The van der Waals surface area contributed by atoms with Gasteiger partial charge >= 0.3 is 6.08 Å². The van der Waals surface area contributed by atoms with Crippen LogP contribution in [0.5, 0.6) is 6.08 Å². The van der Waals surface area contributed by atoms with Crippen LogP contribution in [0.3, 0.4) is 0 Å². The second-order valence-electron chi connectivity index (χ2n) is 2.32. The van der Waals surface area contributed by atoms with Crippen molar-refractivity contribution in [3.63, 3.8) is 0 Å². The van der Waals surface area contributed by atoms with Crippen LogP contribution in [0, 0.1) is 0 Å². The van der Waals surface area contributed by atoms with E-state index in [9.17, 15) is 0 Å². The normalized spacial score (nSPS) is 10.2. The van der Waals surface area contributed by atoms with Crippen LogP contribution in [-0.2, 0) is 6.54 Å². The molecule has 0 radical (unpaired) electrons. The fourth-order valence-corrected chi connectivity index (χ4v) is 0.812. The lowest BCUT2D eigenvalue weighted by Gasteiger charge is -1.94. The molecule has 0 saturated heterocycles. The molecule has 0 fully saturated rings. The lowest BCUT2D eigenvalue weighted by atomic mass is 10.5. The minimum Gasteiger partial charge on any atom is -0.450 e. The number of ether oxygens (including phenoxy) is 1. The zero-order chi connectivity index (χ0) is 8.81. The number of hydrogen-bond acceptors (Lipinski definition) is 4. The van der Waals surface area contributed by atoms with Gasteiger partial charge in [-0.25, -0.2) is 0 Å². The monoisotopic (exact) mass is 170 g/mol. The van der Waals surface area contributed by atoms with Crippen molar-refractivity contribution >= 4 is 0 Å². The molecule has 0 unspecified atom stereocenters. The van der Waals surface area contributed by atoms with Crippen molar-refractivity contribution in [1.82, 2.24) is 10.3 Å². The van der Waals surface area contributed by atoms with Crippen molar-refractivity contribution in [2.45, 2.75) is 20.4 Å². The number of hydrogen-bond donors (Lipinski definition) is 1. The Hall–Kier alpha value is -1.03. The van der Waals surface area contributed by atoms with Gasteiger partial charge in [-0.2, -0.15) is 4.98 Å². The van der Waals surface area contributed by atoms with Gasteiger partial charge in [-0.3, -0.25) is 0 Å². The Morgan fingerprint density at radius 1 is 1.58 bits per heavy atom. The first kappa shape index (κ1) is 9.06. The highest BCUT2D eigenvalue weighted by Crippen LogP contribution is 2.09. The smallest absolute Gasteiger partial charge is 0.393 e. The first-order valence-electron chi connectivity index (χ1n) is 4.14. The Bertz CT molecular complexity index is 223. The molecule has 12 heavy (non-hydrogen) atoms. The number of nitrogens with one attached hydrogen (secondary N) is 1. The number of oxazole rings is 1. The molecule has 4 nitrogen and oxygen atoms in total. The van der Waals surface area contributed by atoms with Gasteiger partial charge in [-0.1, -0.05) is 6.92 Å². The van der Waals surface area contributed by atoms with Crippen LogP contribution in [0.2, 0.25) is 0 Å². The van der Waals surface area contributed by atoms with Gasteiger partial charge in [0.05, 0.1) is 12.3 Å². The first-order chi connectivity index (χ1) is 5.86. The Morgan fingerprint density at radius 2 is 2.42 bits per heavy atom. The first-order valence-corrected chi connectivity index (χ1v) is 4.14. The van der Waals surface area contributed by atoms with Crippen molar-refractivity contribution in [2.75, 3.05) is 13.2 Å². The zero-order valence-corrected chi connectivity index (χ0v) is 7.46. The van der Waals surface area contributed by atoms with Crippen LogP contribution in [-0.4, -0.2) is 18.1 Å². The highest BCUT2D eigenvalue weighted by molar-refractivity contribution is 4.99. The van der Waals surface area contributed by atoms with Crippen molar-refractivity contribution in [1.29, 1.82) is 0 Å². The third-order valence-corrected chi connectivity index (χ3v) is 1.35. The minimum absolute atomic E-state index is 0.352. The molecule has 0 spiro atoms. The highest BCUT2D eigenvalue weighted by Gasteiger charge is 2.02. The third-order valence-electron chi connectivity index (χ3n) is 1.35. The lowest BCUT2D eigenvalue weighted by Crippen LogP contribution is -2.11. The van der Waals surface area contributed by atoms with Gasteiger partial charge in [0.15, 0.2) is 0 Å². The summed E-state index contributed by atoms with van der Waals surface area (Å²) >= 11 is 0. The molecule has 1 aromatic heterocycles. The van der Waals surface area contributed by atoms with Crippen LogP contribution in [0.1, 0.15) is 19.5 Å². The SMILES string of the molecule is CCNCc1coc(OCC)n1. The molecule has 0 amide bonds. The largest absolute Gasteiger partial charge is 0.450 e. The Labute approximate surface area is 71.9 Å². The summed E-state index contributed by atoms with van der Waals surface area (Å²) in [5.74, 6) is 0. The molecule has 0 aliphatic carbocycles. The molecule has 1 rings (SSSR count). The van der Waals surface area contributed by atoms with E-state index in [-0.39, 0.29) is 0 Å². The van der Waals surface area contributed by atoms with Gasteiger partial charge < -0.3 is 14.5 Å². The van der Waals surface area contributed by atoms with E-state index in [1.165, 1.54) is 0 Å². The van der Waals surface area contributed by atoms with Crippen molar-refractivity contribution in [3.05, 3.63) is 12.0 Å². The second-order valence-corrected chi connectivity index (χ2v) is 2.32. The summed E-state index contributed by atoms with van der Waals surface area (Å²) < 4.78 is 10.1. The molecule has 1 heterocycles. The average molecular weight is 170 g/mol. The van der Waals surface area contributed by atoms with Gasteiger partial charge in [0.1, 0.15) is 6.26 Å². The van der Waals surface area contributed by atoms with E-state index >= 15 is 0 Å². The summed E-state index contributed by atoms with van der Waals surface area (Å²) in [6.45, 7) is 6.18. The van der Waals surface area contributed by atoms with E-state index < -0.39 is 0 Å². The summed E-state index contributed by atoms with van der Waals surface area (Å²) in [4.78, 5) is 4.09. The van der Waals surface area contributed by atoms with Crippen molar-refractivity contribution in [2.24, 2.45) is 0 Å². The van der Waals surface area contributed by atoms with Gasteiger partial charge in [0, 0.05) is 6.54 Å². The molecule has 0 atom stereocenters. The standard InChI is InChI=1S/C8H14N2O2/c1-3-9-5-7-6-12-8(10-7)11-4-2/h6,9H,3-5H2,1-2H3. The molecule has 1 aromatic rings. The minimum atomic E-state index is 0.352. The molecule has 0 saturated carbocycles. The number of aromatic nitrogens is 1. The molecule has 4 heteroatoms. The molecule has 0 aliphatic heterocycles. The summed E-state index contributed by atoms with van der Waals surface area (Å²) in [5.41, 5.74) is 0.875. The van der Waals surface area contributed by atoms with Crippen LogP contribution in [0.15, 0.2) is 10.7 Å². The molecular weight excluding hydrogens is 156 g/mol. The maximum atomic E-state index is 5.06.